The zero-order chi connectivity index (χ0) is 19.3. The van der Waals surface area contributed by atoms with Crippen molar-refractivity contribution < 1.29 is 0 Å². The van der Waals surface area contributed by atoms with E-state index in [1.54, 1.807) is 6.07 Å². The Hall–Kier alpha value is -2.98. The van der Waals surface area contributed by atoms with Gasteiger partial charge in [0.05, 0.1) is 22.5 Å². The van der Waals surface area contributed by atoms with Crippen LogP contribution in [0.25, 0.3) is 0 Å². The number of benzene rings is 2. The first kappa shape index (κ1) is 17.8. The highest BCUT2D eigenvalue weighted by molar-refractivity contribution is 5.91. The van der Waals surface area contributed by atoms with E-state index < -0.39 is 0 Å². The quantitative estimate of drug-likeness (QED) is 0.738. The molecule has 3 rings (SSSR count). The molecule has 1 aliphatic heterocycles. The van der Waals surface area contributed by atoms with Crippen molar-refractivity contribution in [2.24, 2.45) is 0 Å². The van der Waals surface area contributed by atoms with Crippen LogP contribution in [0, 0.1) is 57.3 Å². The van der Waals surface area contributed by atoms with Crippen molar-refractivity contribution in [3.8, 4) is 12.1 Å². The monoisotopic (exact) mass is 344 g/mol. The number of nitrogens with zero attached hydrogens (tertiary/aromatic N) is 4. The summed E-state index contributed by atoms with van der Waals surface area (Å²) in [6, 6.07) is 8.14. The molecular weight excluding hydrogens is 320 g/mol. The van der Waals surface area contributed by atoms with Gasteiger partial charge in [-0.2, -0.15) is 10.5 Å². The van der Waals surface area contributed by atoms with Crippen LogP contribution in [0.4, 0.5) is 17.1 Å². The van der Waals surface area contributed by atoms with Crippen LogP contribution < -0.4 is 9.80 Å². The van der Waals surface area contributed by atoms with Crippen molar-refractivity contribution in [1.82, 2.24) is 0 Å². The molecule has 0 saturated carbocycles. The minimum atomic E-state index is 0.0601. The smallest absolute Gasteiger partial charge is 0.103 e. The topological polar surface area (TPSA) is 54.1 Å². The molecule has 0 spiro atoms. The number of fused-ring (bicyclic) bond motifs is 1. The van der Waals surface area contributed by atoms with E-state index in [0.29, 0.717) is 11.1 Å². The maximum Gasteiger partial charge on any atom is 0.103 e. The van der Waals surface area contributed by atoms with Gasteiger partial charge in [-0.25, -0.2) is 0 Å². The molecule has 0 aliphatic carbocycles. The Kier molecular flexibility index (Phi) is 4.17. The van der Waals surface area contributed by atoms with E-state index in [9.17, 15) is 10.5 Å². The number of hydrogen-bond acceptors (Lipinski definition) is 4. The fourth-order valence-corrected chi connectivity index (χ4v) is 4.02. The summed E-state index contributed by atoms with van der Waals surface area (Å²) in [5.74, 6) is 0. The molecule has 4 nitrogen and oxygen atoms in total. The first-order valence-corrected chi connectivity index (χ1v) is 8.82. The second kappa shape index (κ2) is 6.07. The summed E-state index contributed by atoms with van der Waals surface area (Å²) < 4.78 is 0. The van der Waals surface area contributed by atoms with E-state index in [2.05, 4.69) is 63.5 Å². The summed E-state index contributed by atoms with van der Waals surface area (Å²) in [5, 5.41) is 19.3. The molecule has 2 aromatic carbocycles. The van der Waals surface area contributed by atoms with E-state index in [0.717, 1.165) is 17.1 Å². The Morgan fingerprint density at radius 1 is 0.808 bits per heavy atom. The van der Waals surface area contributed by atoms with Gasteiger partial charge in [0, 0.05) is 12.7 Å². The standard InChI is InChI=1S/C22H24N4/c1-12-13(2)15(4)21(16(5)14(12)3)26-17(6)25(7)20-9-8-18(10-23)19(11-24)22(20)26/h8-9,17H,1-7H3/t17-/m0/s1. The average molecular weight is 344 g/mol. The highest BCUT2D eigenvalue weighted by Crippen LogP contribution is 2.49. The lowest BCUT2D eigenvalue weighted by atomic mass is 9.91. The van der Waals surface area contributed by atoms with E-state index in [4.69, 9.17) is 0 Å². The van der Waals surface area contributed by atoms with Crippen LogP contribution in [0.3, 0.4) is 0 Å². The molecule has 0 bridgehead atoms. The molecule has 2 aromatic rings. The Labute approximate surface area is 155 Å². The molecule has 132 valence electrons. The molecule has 1 heterocycles. The minimum absolute atomic E-state index is 0.0601. The molecule has 0 radical (unpaired) electrons. The van der Waals surface area contributed by atoms with Gasteiger partial charge in [0.15, 0.2) is 0 Å². The average Bonchev–Trinajstić information content (AvgIpc) is 2.89. The highest BCUT2D eigenvalue weighted by atomic mass is 15.4. The highest BCUT2D eigenvalue weighted by Gasteiger charge is 2.36. The third-order valence-corrected chi connectivity index (χ3v) is 6.15. The Morgan fingerprint density at radius 2 is 1.35 bits per heavy atom. The summed E-state index contributed by atoms with van der Waals surface area (Å²) in [5.41, 5.74) is 10.2. The Bertz CT molecular complexity index is 976. The van der Waals surface area contributed by atoms with Gasteiger partial charge in [0.2, 0.25) is 0 Å². The molecule has 0 saturated heterocycles. The minimum Gasteiger partial charge on any atom is -0.352 e. The van der Waals surface area contributed by atoms with Gasteiger partial charge in [-0.15, -0.1) is 0 Å². The first-order chi connectivity index (χ1) is 12.3. The van der Waals surface area contributed by atoms with Crippen molar-refractivity contribution in [1.29, 1.82) is 10.5 Å². The summed E-state index contributed by atoms with van der Waals surface area (Å²) in [6.07, 6.45) is 0.0601. The molecule has 0 aromatic heterocycles. The Morgan fingerprint density at radius 3 is 1.85 bits per heavy atom. The second-order valence-electron chi connectivity index (χ2n) is 7.17. The lowest BCUT2D eigenvalue weighted by Crippen LogP contribution is -2.36. The zero-order valence-corrected chi connectivity index (χ0v) is 16.5. The molecule has 1 aliphatic rings. The lowest BCUT2D eigenvalue weighted by molar-refractivity contribution is 0.730. The molecule has 26 heavy (non-hydrogen) atoms. The number of hydrogen-bond donors (Lipinski definition) is 0. The van der Waals surface area contributed by atoms with Crippen LogP contribution in [0.5, 0.6) is 0 Å². The first-order valence-electron chi connectivity index (χ1n) is 8.82. The van der Waals surface area contributed by atoms with Crippen molar-refractivity contribution in [2.75, 3.05) is 16.8 Å². The summed E-state index contributed by atoms with van der Waals surface area (Å²) in [7, 11) is 2.04. The Balaban J connectivity index is 2.42. The SMILES string of the molecule is Cc1c(C)c(C)c(N2c3c(ccc(C#N)c3C#N)N(C)[C@@H]2C)c(C)c1C. The van der Waals surface area contributed by atoms with Gasteiger partial charge in [-0.3, -0.25) is 0 Å². The zero-order valence-electron chi connectivity index (χ0n) is 16.5. The van der Waals surface area contributed by atoms with E-state index in [-0.39, 0.29) is 6.17 Å². The molecule has 0 fully saturated rings. The molecule has 0 amide bonds. The van der Waals surface area contributed by atoms with Crippen LogP contribution in [-0.2, 0) is 0 Å². The third-order valence-electron chi connectivity index (χ3n) is 6.15. The fourth-order valence-electron chi connectivity index (χ4n) is 4.02. The molecule has 4 heteroatoms. The lowest BCUT2D eigenvalue weighted by Gasteiger charge is -2.32. The van der Waals surface area contributed by atoms with Crippen LogP contribution in [0.2, 0.25) is 0 Å². The predicted octanol–water partition coefficient (Wildman–Crippen LogP) is 4.91. The molecule has 0 unspecified atom stereocenters. The van der Waals surface area contributed by atoms with Crippen LogP contribution in [0.1, 0.15) is 45.9 Å². The number of rotatable bonds is 1. The van der Waals surface area contributed by atoms with Gasteiger partial charge in [-0.05, 0) is 81.5 Å². The predicted molar refractivity (Wildman–Crippen MR) is 106 cm³/mol. The van der Waals surface area contributed by atoms with E-state index >= 15 is 0 Å². The number of nitriles is 2. The summed E-state index contributed by atoms with van der Waals surface area (Å²) in [6.45, 7) is 12.9. The van der Waals surface area contributed by atoms with Gasteiger partial charge in [0.1, 0.15) is 18.3 Å². The normalized spacial score (nSPS) is 15.7. The van der Waals surface area contributed by atoms with Crippen molar-refractivity contribution in [2.45, 2.75) is 47.7 Å². The third kappa shape index (κ3) is 2.19. The maximum atomic E-state index is 9.80. The molecule has 1 atom stereocenters. The largest absolute Gasteiger partial charge is 0.352 e. The van der Waals surface area contributed by atoms with E-state index in [1.165, 1.54) is 27.8 Å². The van der Waals surface area contributed by atoms with Gasteiger partial charge in [0.25, 0.3) is 0 Å². The van der Waals surface area contributed by atoms with Crippen LogP contribution in [0.15, 0.2) is 12.1 Å². The van der Waals surface area contributed by atoms with Gasteiger partial charge in [-0.1, -0.05) is 0 Å². The summed E-state index contributed by atoms with van der Waals surface area (Å²) >= 11 is 0. The number of anilines is 3. The van der Waals surface area contributed by atoms with Crippen LogP contribution in [-0.4, -0.2) is 13.2 Å². The van der Waals surface area contributed by atoms with Crippen LogP contribution >= 0.6 is 0 Å². The van der Waals surface area contributed by atoms with Crippen molar-refractivity contribution >= 4 is 17.1 Å². The molecule has 0 N–H and O–H groups in total. The van der Waals surface area contributed by atoms with Gasteiger partial charge >= 0.3 is 0 Å². The fraction of sp³-hybridized carbons (Fsp3) is 0.364. The van der Waals surface area contributed by atoms with Gasteiger partial charge < -0.3 is 9.80 Å². The van der Waals surface area contributed by atoms with E-state index in [1.807, 2.05) is 13.1 Å². The van der Waals surface area contributed by atoms with Crippen molar-refractivity contribution in [3.05, 3.63) is 51.1 Å². The molecular formula is C22H24N4. The van der Waals surface area contributed by atoms with Crippen molar-refractivity contribution in [3.63, 3.8) is 0 Å². The summed E-state index contributed by atoms with van der Waals surface area (Å²) in [4.78, 5) is 4.40. The second-order valence-corrected chi connectivity index (χ2v) is 7.17. The maximum absolute atomic E-state index is 9.80.